The normalized spacial score (nSPS) is 13.8. The fraction of sp³-hybridized carbons (Fsp3) is 0.348. The van der Waals surface area contributed by atoms with Crippen LogP contribution >= 0.6 is 0 Å². The molecule has 2 aromatic heterocycles. The molecule has 33 heavy (non-hydrogen) atoms. The third-order valence-corrected chi connectivity index (χ3v) is 5.49. The van der Waals surface area contributed by atoms with E-state index in [4.69, 9.17) is 4.74 Å². The number of amides is 2. The first-order valence-electron chi connectivity index (χ1n) is 11.0. The second-order valence-corrected chi connectivity index (χ2v) is 7.54. The molecule has 1 saturated heterocycles. The third kappa shape index (κ3) is 4.64. The number of piperazine rings is 1. The Labute approximate surface area is 190 Å². The average Bonchev–Trinajstić information content (AvgIpc) is 2.84. The number of anilines is 2. The van der Waals surface area contributed by atoms with E-state index in [0.717, 1.165) is 0 Å². The Bertz CT molecular complexity index is 1230. The summed E-state index contributed by atoms with van der Waals surface area (Å²) in [5.74, 6) is -0.0578. The predicted molar refractivity (Wildman–Crippen MR) is 125 cm³/mol. The van der Waals surface area contributed by atoms with Crippen LogP contribution in [-0.4, -0.2) is 64.2 Å². The summed E-state index contributed by atoms with van der Waals surface area (Å²) in [7, 11) is 0. The minimum atomic E-state index is -0.432. The van der Waals surface area contributed by atoms with Crippen molar-refractivity contribution >= 4 is 34.7 Å². The molecule has 0 atom stereocenters. The number of hydrogen-bond acceptors (Lipinski definition) is 7. The molecule has 0 saturated carbocycles. The molecule has 4 rings (SSSR count). The highest BCUT2D eigenvalue weighted by Gasteiger charge is 2.25. The van der Waals surface area contributed by atoms with Crippen molar-refractivity contribution in [2.45, 2.75) is 20.4 Å². The van der Waals surface area contributed by atoms with Gasteiger partial charge in [0.15, 0.2) is 11.5 Å². The fourth-order valence-corrected chi connectivity index (χ4v) is 3.82. The summed E-state index contributed by atoms with van der Waals surface area (Å²) >= 11 is 0. The standard InChI is InChI=1S/C23H26N6O4/c1-3-29-19-18(9-6-10-24-19)26-20(21(29)30)27-11-13-28(14-12-27)23(32)25-17-8-5-7-16(15-17)22(31)33-4-2/h5-10,15H,3-4,11-14H2,1-2H3,(H,25,32). The number of nitrogens with zero attached hydrogens (tertiary/aromatic N) is 5. The molecule has 2 amide bonds. The quantitative estimate of drug-likeness (QED) is 0.594. The molecule has 172 valence electrons. The van der Waals surface area contributed by atoms with E-state index in [9.17, 15) is 14.4 Å². The molecule has 10 nitrogen and oxygen atoms in total. The van der Waals surface area contributed by atoms with Gasteiger partial charge in [-0.25, -0.2) is 19.6 Å². The predicted octanol–water partition coefficient (Wildman–Crippen LogP) is 2.34. The molecule has 0 unspecified atom stereocenters. The molecule has 0 radical (unpaired) electrons. The summed E-state index contributed by atoms with van der Waals surface area (Å²) in [5, 5.41) is 2.83. The summed E-state index contributed by atoms with van der Waals surface area (Å²) in [6, 6.07) is 10.0. The Morgan fingerprint density at radius 2 is 1.88 bits per heavy atom. The van der Waals surface area contributed by atoms with Crippen LogP contribution in [0.1, 0.15) is 24.2 Å². The van der Waals surface area contributed by atoms with Crippen LogP contribution in [0.2, 0.25) is 0 Å². The van der Waals surface area contributed by atoms with Crippen LogP contribution in [-0.2, 0) is 11.3 Å². The van der Waals surface area contributed by atoms with E-state index in [1.54, 1.807) is 52.9 Å². The van der Waals surface area contributed by atoms with Crippen molar-refractivity contribution in [2.24, 2.45) is 0 Å². The van der Waals surface area contributed by atoms with Gasteiger partial charge in [0.2, 0.25) is 0 Å². The van der Waals surface area contributed by atoms with Crippen molar-refractivity contribution in [2.75, 3.05) is 43.0 Å². The second-order valence-electron chi connectivity index (χ2n) is 7.54. The summed E-state index contributed by atoms with van der Waals surface area (Å²) < 4.78 is 6.62. The molecule has 1 N–H and O–H groups in total. The van der Waals surface area contributed by atoms with Crippen molar-refractivity contribution in [1.82, 2.24) is 19.4 Å². The van der Waals surface area contributed by atoms with Gasteiger partial charge in [-0.1, -0.05) is 6.07 Å². The minimum absolute atomic E-state index is 0.183. The van der Waals surface area contributed by atoms with Gasteiger partial charge in [0.05, 0.1) is 12.2 Å². The van der Waals surface area contributed by atoms with Crippen LogP contribution < -0.4 is 15.8 Å². The SMILES string of the molecule is CCOC(=O)c1cccc(NC(=O)N2CCN(c3nc4cccnc4n(CC)c3=O)CC2)c1. The molecular weight excluding hydrogens is 424 g/mol. The molecule has 1 aliphatic rings. The molecule has 1 fully saturated rings. The van der Waals surface area contributed by atoms with E-state index in [0.29, 0.717) is 61.0 Å². The minimum Gasteiger partial charge on any atom is -0.462 e. The fourth-order valence-electron chi connectivity index (χ4n) is 3.82. The van der Waals surface area contributed by atoms with Gasteiger partial charge in [-0.3, -0.25) is 9.36 Å². The molecule has 0 spiro atoms. The zero-order valence-electron chi connectivity index (χ0n) is 18.7. The van der Waals surface area contributed by atoms with Crippen molar-refractivity contribution in [3.8, 4) is 0 Å². The van der Waals surface area contributed by atoms with Crippen LogP contribution in [0.3, 0.4) is 0 Å². The van der Waals surface area contributed by atoms with Crippen LogP contribution in [0.4, 0.5) is 16.3 Å². The number of nitrogens with one attached hydrogen (secondary N) is 1. The first kappa shape index (κ1) is 22.3. The Hall–Kier alpha value is -3.95. The summed E-state index contributed by atoms with van der Waals surface area (Å²) in [5.41, 5.74) is 1.94. The summed E-state index contributed by atoms with van der Waals surface area (Å²) in [4.78, 5) is 50.1. The van der Waals surface area contributed by atoms with E-state index >= 15 is 0 Å². The maximum Gasteiger partial charge on any atom is 0.338 e. The van der Waals surface area contributed by atoms with Crippen LogP contribution in [0.25, 0.3) is 11.2 Å². The maximum absolute atomic E-state index is 13.0. The lowest BCUT2D eigenvalue weighted by atomic mass is 10.2. The van der Waals surface area contributed by atoms with Gasteiger partial charge >= 0.3 is 12.0 Å². The Morgan fingerprint density at radius 1 is 1.09 bits per heavy atom. The van der Waals surface area contributed by atoms with Gasteiger partial charge in [-0.15, -0.1) is 0 Å². The highest BCUT2D eigenvalue weighted by Crippen LogP contribution is 2.16. The largest absolute Gasteiger partial charge is 0.462 e. The number of carbonyl (C=O) groups is 2. The number of benzene rings is 1. The molecule has 1 aliphatic heterocycles. The Balaban J connectivity index is 1.44. The third-order valence-electron chi connectivity index (χ3n) is 5.49. The van der Waals surface area contributed by atoms with E-state index in [2.05, 4.69) is 15.3 Å². The van der Waals surface area contributed by atoms with E-state index in [-0.39, 0.29) is 18.2 Å². The molecule has 3 heterocycles. The van der Waals surface area contributed by atoms with Crippen LogP contribution in [0.15, 0.2) is 47.4 Å². The molecular formula is C23H26N6O4. The van der Waals surface area contributed by atoms with E-state index in [1.165, 1.54) is 0 Å². The number of urea groups is 1. The number of rotatable bonds is 5. The van der Waals surface area contributed by atoms with Gasteiger partial charge in [0, 0.05) is 44.6 Å². The Morgan fingerprint density at radius 3 is 2.61 bits per heavy atom. The van der Waals surface area contributed by atoms with E-state index < -0.39 is 5.97 Å². The number of esters is 1. The number of aryl methyl sites for hydroxylation is 1. The number of pyridine rings is 1. The number of hydrogen-bond donors (Lipinski definition) is 1. The second kappa shape index (κ2) is 9.68. The zero-order valence-corrected chi connectivity index (χ0v) is 18.7. The maximum atomic E-state index is 13.0. The van der Waals surface area contributed by atoms with Crippen molar-refractivity contribution < 1.29 is 14.3 Å². The number of fused-ring (bicyclic) bond motifs is 1. The highest BCUT2D eigenvalue weighted by atomic mass is 16.5. The first-order valence-corrected chi connectivity index (χ1v) is 11.0. The summed E-state index contributed by atoms with van der Waals surface area (Å²) in [6.07, 6.45) is 1.65. The van der Waals surface area contributed by atoms with Crippen LogP contribution in [0.5, 0.6) is 0 Å². The van der Waals surface area contributed by atoms with E-state index in [1.807, 2.05) is 17.9 Å². The molecule has 1 aromatic carbocycles. The van der Waals surface area contributed by atoms with Crippen molar-refractivity contribution in [3.63, 3.8) is 0 Å². The van der Waals surface area contributed by atoms with Gasteiger partial charge in [0.25, 0.3) is 5.56 Å². The average molecular weight is 450 g/mol. The first-order chi connectivity index (χ1) is 16.0. The van der Waals surface area contributed by atoms with Gasteiger partial charge in [0.1, 0.15) is 5.52 Å². The zero-order chi connectivity index (χ0) is 23.4. The lowest BCUT2D eigenvalue weighted by Crippen LogP contribution is -2.51. The topological polar surface area (TPSA) is 110 Å². The van der Waals surface area contributed by atoms with Gasteiger partial charge in [-0.05, 0) is 44.2 Å². The number of carbonyl (C=O) groups excluding carboxylic acids is 2. The molecule has 0 aliphatic carbocycles. The monoisotopic (exact) mass is 450 g/mol. The van der Waals surface area contributed by atoms with Crippen molar-refractivity contribution in [1.29, 1.82) is 0 Å². The molecule has 0 bridgehead atoms. The van der Waals surface area contributed by atoms with Crippen molar-refractivity contribution in [3.05, 3.63) is 58.5 Å². The lowest BCUT2D eigenvalue weighted by Gasteiger charge is -2.35. The van der Waals surface area contributed by atoms with Crippen LogP contribution in [0, 0.1) is 0 Å². The highest BCUT2D eigenvalue weighted by molar-refractivity contribution is 5.94. The number of ether oxygens (including phenoxy) is 1. The molecule has 3 aromatic rings. The summed E-state index contributed by atoms with van der Waals surface area (Å²) in [6.45, 7) is 6.25. The lowest BCUT2D eigenvalue weighted by molar-refractivity contribution is 0.0526. The van der Waals surface area contributed by atoms with Gasteiger partial charge < -0.3 is 19.9 Å². The van der Waals surface area contributed by atoms with Gasteiger partial charge in [-0.2, -0.15) is 0 Å². The number of aromatic nitrogens is 3. The molecule has 10 heteroatoms. The Kier molecular flexibility index (Phi) is 6.53. The smallest absolute Gasteiger partial charge is 0.338 e.